The minimum Gasteiger partial charge on any atom is -0.337 e. The fourth-order valence-electron chi connectivity index (χ4n) is 4.17. The molecule has 0 aliphatic carbocycles. The van der Waals surface area contributed by atoms with Crippen LogP contribution in [0.2, 0.25) is 0 Å². The Balaban J connectivity index is 1.68. The monoisotopic (exact) mass is 338 g/mol. The first-order valence-corrected chi connectivity index (χ1v) is 9.11. The summed E-state index contributed by atoms with van der Waals surface area (Å²) in [6, 6.07) is 17.5. The number of hydrogen-bond donors (Lipinski definition) is 2. The zero-order valence-electron chi connectivity index (χ0n) is 14.3. The van der Waals surface area contributed by atoms with E-state index in [0.29, 0.717) is 12.0 Å². The third-order valence-electron chi connectivity index (χ3n) is 5.32. The Morgan fingerprint density at radius 3 is 2.79 bits per heavy atom. The van der Waals surface area contributed by atoms with Crippen molar-refractivity contribution in [2.24, 2.45) is 0 Å². The van der Waals surface area contributed by atoms with E-state index in [2.05, 4.69) is 54.5 Å². The Kier molecular flexibility index (Phi) is 4.02. The van der Waals surface area contributed by atoms with E-state index in [4.69, 9.17) is 12.2 Å². The summed E-state index contributed by atoms with van der Waals surface area (Å²) in [5.74, 6) is 0.573. The maximum Gasteiger partial charge on any atom is 0.178 e. The first-order valence-electron chi connectivity index (χ1n) is 8.70. The Bertz CT molecular complexity index is 759. The van der Waals surface area contributed by atoms with Crippen molar-refractivity contribution in [2.45, 2.75) is 25.3 Å². The molecule has 2 heterocycles. The molecule has 0 aromatic heterocycles. The van der Waals surface area contributed by atoms with Crippen LogP contribution in [0.1, 0.15) is 23.5 Å². The smallest absolute Gasteiger partial charge is 0.178 e. The summed E-state index contributed by atoms with van der Waals surface area (Å²) < 4.78 is 0. The van der Waals surface area contributed by atoms with Gasteiger partial charge in [0, 0.05) is 17.8 Å². The Hall–Kier alpha value is -1.91. The normalized spacial score (nSPS) is 25.1. The molecule has 0 spiro atoms. The molecule has 2 N–H and O–H groups in total. The Morgan fingerprint density at radius 1 is 1.21 bits per heavy atom. The standard InChI is InChI=1S/C20H23N3S/c1-14-8-9-18-16(12-14)17-13-22(2)11-10-19(17)23(18)20(24)21-15-6-4-3-5-7-15/h3-9,12,17,19H,10-11,13H2,1-2H3,(H,21,24)/p+1/t17-,19-/m0/s1. The summed E-state index contributed by atoms with van der Waals surface area (Å²) in [6.07, 6.45) is 1.18. The lowest BCUT2D eigenvalue weighted by molar-refractivity contribution is -0.886. The molecule has 0 amide bonds. The molecule has 2 aromatic carbocycles. The van der Waals surface area contributed by atoms with Crippen molar-refractivity contribution >= 4 is 28.7 Å². The Labute approximate surface area is 149 Å². The van der Waals surface area contributed by atoms with E-state index in [9.17, 15) is 0 Å². The van der Waals surface area contributed by atoms with Crippen LogP contribution in [-0.2, 0) is 0 Å². The van der Waals surface area contributed by atoms with Crippen molar-refractivity contribution < 1.29 is 4.90 Å². The van der Waals surface area contributed by atoms with Crippen LogP contribution >= 0.6 is 12.2 Å². The van der Waals surface area contributed by atoms with E-state index in [-0.39, 0.29) is 0 Å². The van der Waals surface area contributed by atoms with Gasteiger partial charge in [-0.05, 0) is 42.9 Å². The van der Waals surface area contributed by atoms with Crippen LogP contribution in [0.25, 0.3) is 0 Å². The number of fused-ring (bicyclic) bond motifs is 3. The second-order valence-corrected chi connectivity index (χ2v) is 7.49. The molecule has 124 valence electrons. The molecular weight excluding hydrogens is 314 g/mol. The number of piperidine rings is 1. The molecule has 24 heavy (non-hydrogen) atoms. The predicted octanol–water partition coefficient (Wildman–Crippen LogP) is 2.58. The zero-order valence-corrected chi connectivity index (χ0v) is 15.1. The SMILES string of the molecule is Cc1ccc2c(c1)[C@@H]1C[NH+](C)CC[C@@H]1N2C(=S)Nc1ccccc1. The van der Waals surface area contributed by atoms with Crippen molar-refractivity contribution in [3.8, 4) is 0 Å². The molecule has 0 bridgehead atoms. The number of nitrogens with one attached hydrogen (secondary N) is 2. The van der Waals surface area contributed by atoms with Gasteiger partial charge in [0.25, 0.3) is 0 Å². The van der Waals surface area contributed by atoms with Gasteiger partial charge < -0.3 is 15.1 Å². The first-order chi connectivity index (χ1) is 11.6. The van der Waals surface area contributed by atoms with Crippen LogP contribution in [0.3, 0.4) is 0 Å². The summed E-state index contributed by atoms with van der Waals surface area (Å²) in [7, 11) is 2.30. The minimum absolute atomic E-state index is 0.481. The van der Waals surface area contributed by atoms with Gasteiger partial charge in [-0.15, -0.1) is 0 Å². The second kappa shape index (κ2) is 6.19. The molecule has 3 atom stereocenters. The number of para-hydroxylation sites is 1. The number of benzene rings is 2. The molecule has 1 fully saturated rings. The molecule has 1 unspecified atom stereocenters. The summed E-state index contributed by atoms with van der Waals surface area (Å²) in [6.45, 7) is 4.57. The van der Waals surface area contributed by atoms with Gasteiger partial charge in [0.05, 0.1) is 32.1 Å². The number of nitrogens with zero attached hydrogens (tertiary/aromatic N) is 1. The van der Waals surface area contributed by atoms with Crippen molar-refractivity contribution in [3.05, 3.63) is 59.7 Å². The third-order valence-corrected chi connectivity index (χ3v) is 5.62. The molecule has 4 heteroatoms. The van der Waals surface area contributed by atoms with E-state index >= 15 is 0 Å². The number of likely N-dealkylation sites (N-methyl/N-ethyl adjacent to an activating group) is 1. The number of thiocarbonyl (C=S) groups is 1. The van der Waals surface area contributed by atoms with Gasteiger partial charge in [0.1, 0.15) is 0 Å². The van der Waals surface area contributed by atoms with Crippen molar-refractivity contribution in [1.82, 2.24) is 0 Å². The quantitative estimate of drug-likeness (QED) is 0.780. The van der Waals surface area contributed by atoms with Gasteiger partial charge in [-0.1, -0.05) is 35.9 Å². The van der Waals surface area contributed by atoms with Gasteiger partial charge >= 0.3 is 0 Å². The van der Waals surface area contributed by atoms with Crippen LogP contribution in [0.15, 0.2) is 48.5 Å². The zero-order chi connectivity index (χ0) is 16.7. The van der Waals surface area contributed by atoms with Gasteiger partial charge in [0.15, 0.2) is 5.11 Å². The number of hydrogen-bond acceptors (Lipinski definition) is 1. The maximum absolute atomic E-state index is 5.81. The van der Waals surface area contributed by atoms with Crippen LogP contribution < -0.4 is 15.1 Å². The number of aryl methyl sites for hydroxylation is 1. The molecule has 2 aliphatic rings. The van der Waals surface area contributed by atoms with Gasteiger partial charge in [-0.2, -0.15) is 0 Å². The predicted molar refractivity (Wildman–Crippen MR) is 104 cm³/mol. The summed E-state index contributed by atoms with van der Waals surface area (Å²) in [5, 5.41) is 4.25. The molecular formula is C20H24N3S+. The molecule has 2 aromatic rings. The first kappa shape index (κ1) is 15.6. The summed E-state index contributed by atoms with van der Waals surface area (Å²) in [4.78, 5) is 3.99. The molecule has 0 saturated carbocycles. The van der Waals surface area contributed by atoms with Crippen LogP contribution in [0.4, 0.5) is 11.4 Å². The molecule has 3 nitrogen and oxygen atoms in total. The van der Waals surface area contributed by atoms with E-state index in [0.717, 1.165) is 10.8 Å². The molecule has 4 rings (SSSR count). The summed E-state index contributed by atoms with van der Waals surface area (Å²) >= 11 is 5.81. The highest BCUT2D eigenvalue weighted by molar-refractivity contribution is 7.80. The lowest BCUT2D eigenvalue weighted by atomic mass is 9.89. The van der Waals surface area contributed by atoms with E-state index in [1.165, 1.54) is 36.3 Å². The van der Waals surface area contributed by atoms with Crippen LogP contribution in [-0.4, -0.2) is 31.3 Å². The number of rotatable bonds is 1. The van der Waals surface area contributed by atoms with Crippen molar-refractivity contribution in [1.29, 1.82) is 0 Å². The number of quaternary nitrogens is 1. The second-order valence-electron chi connectivity index (χ2n) is 7.10. The van der Waals surface area contributed by atoms with Crippen LogP contribution in [0.5, 0.6) is 0 Å². The van der Waals surface area contributed by atoms with Gasteiger partial charge in [-0.25, -0.2) is 0 Å². The van der Waals surface area contributed by atoms with Crippen LogP contribution in [0, 0.1) is 6.92 Å². The molecule has 1 saturated heterocycles. The highest BCUT2D eigenvalue weighted by Gasteiger charge is 2.44. The maximum atomic E-state index is 5.81. The number of likely N-dealkylation sites (tertiary alicyclic amines) is 1. The van der Waals surface area contributed by atoms with Gasteiger partial charge in [0.2, 0.25) is 0 Å². The third kappa shape index (κ3) is 2.70. The highest BCUT2D eigenvalue weighted by atomic mass is 32.1. The molecule has 2 aliphatic heterocycles. The lowest BCUT2D eigenvalue weighted by Crippen LogP contribution is -3.11. The number of anilines is 2. The largest absolute Gasteiger partial charge is 0.337 e. The van der Waals surface area contributed by atoms with Crippen molar-refractivity contribution in [2.75, 3.05) is 30.4 Å². The topological polar surface area (TPSA) is 19.7 Å². The van der Waals surface area contributed by atoms with E-state index in [1.807, 2.05) is 18.2 Å². The minimum atomic E-state index is 0.481. The van der Waals surface area contributed by atoms with E-state index in [1.54, 1.807) is 4.90 Å². The molecule has 0 radical (unpaired) electrons. The Morgan fingerprint density at radius 2 is 2.00 bits per heavy atom. The fourth-order valence-corrected chi connectivity index (χ4v) is 4.52. The lowest BCUT2D eigenvalue weighted by Gasteiger charge is -2.35. The summed E-state index contributed by atoms with van der Waals surface area (Å²) in [5.41, 5.74) is 5.15. The average Bonchev–Trinajstić information content (AvgIpc) is 2.89. The van der Waals surface area contributed by atoms with E-state index < -0.39 is 0 Å². The average molecular weight is 338 g/mol. The van der Waals surface area contributed by atoms with Gasteiger partial charge in [-0.3, -0.25) is 0 Å². The van der Waals surface area contributed by atoms with Crippen molar-refractivity contribution in [3.63, 3.8) is 0 Å². The highest BCUT2D eigenvalue weighted by Crippen LogP contribution is 2.43. The fraction of sp³-hybridized carbons (Fsp3) is 0.350.